The molecule has 4 heterocycles. The minimum Gasteiger partial charge on any atom is -0.491 e. The molecule has 6 atom stereocenters. The van der Waals surface area contributed by atoms with Gasteiger partial charge in [0.1, 0.15) is 36.5 Å². The second kappa shape index (κ2) is 19.2. The summed E-state index contributed by atoms with van der Waals surface area (Å²) >= 11 is 1.26. The Labute approximate surface area is 397 Å². The number of carbonyl (C=O) groups excluding carboxylic acids is 4. The van der Waals surface area contributed by atoms with Gasteiger partial charge < -0.3 is 29.4 Å². The van der Waals surface area contributed by atoms with Crippen LogP contribution < -0.4 is 15.0 Å². The number of anilines is 2. The highest BCUT2D eigenvalue weighted by Crippen LogP contribution is 2.66. The van der Waals surface area contributed by atoms with Crippen LogP contribution in [0, 0.1) is 17.8 Å². The summed E-state index contributed by atoms with van der Waals surface area (Å²) in [5, 5.41) is 13.1. The zero-order valence-corrected chi connectivity index (χ0v) is 38.0. The Kier molecular flexibility index (Phi) is 12.6. The monoisotopic (exact) mass is 928 g/mol. The summed E-state index contributed by atoms with van der Waals surface area (Å²) in [4.78, 5) is 70.1. The summed E-state index contributed by atoms with van der Waals surface area (Å²) in [5.74, 6) is 3.29. The van der Waals surface area contributed by atoms with Crippen molar-refractivity contribution in [2.75, 3.05) is 43.8 Å². The number of ether oxygens (including phenoxy) is 4. The number of nitrogens with one attached hydrogen (secondary N) is 1. The maximum absolute atomic E-state index is 16.5. The van der Waals surface area contributed by atoms with Gasteiger partial charge in [-0.25, -0.2) is 14.7 Å². The standard InChI is InChI=1S/C54H48N4O9S/c1-64-30-31-66-53(63)57-42-27-26-35(25-24-34-14-5-2-6-15-34)32-40(42)54(51(57)62)44(49(60)56-52-55-41-22-11-12-23-43(41)68-52)46-50(61)67-47(37-18-9-4-10-19-37)45(36-16-7-3-8-17-36)58(46)48(54)38-20-13-21-39(33-38)65-29-28-59/h3-4,7-14,16-23,26-27,32-33,44-48,59H,2,5-6,15,28-31H2,1H3,(H,55,56,60). The molecule has 6 aromatic rings. The molecule has 344 valence electrons. The fraction of sp³-hybridized carbons (Fsp3) is 0.278. The number of imide groups is 1. The second-order valence-electron chi connectivity index (χ2n) is 17.1. The highest BCUT2D eigenvalue weighted by molar-refractivity contribution is 7.22. The van der Waals surface area contributed by atoms with Gasteiger partial charge >= 0.3 is 12.1 Å². The van der Waals surface area contributed by atoms with Crippen molar-refractivity contribution in [1.29, 1.82) is 0 Å². The van der Waals surface area contributed by atoms with Crippen molar-refractivity contribution < 1.29 is 43.2 Å². The summed E-state index contributed by atoms with van der Waals surface area (Å²) < 4.78 is 24.4. The fourth-order valence-electron chi connectivity index (χ4n) is 10.4. The van der Waals surface area contributed by atoms with E-state index in [4.69, 9.17) is 23.9 Å². The Balaban J connectivity index is 1.27. The van der Waals surface area contributed by atoms with Gasteiger partial charge in [-0.3, -0.25) is 19.3 Å². The number of esters is 1. The number of hydrogen-bond acceptors (Lipinski definition) is 12. The zero-order valence-electron chi connectivity index (χ0n) is 37.2. The van der Waals surface area contributed by atoms with Crippen molar-refractivity contribution in [2.45, 2.75) is 55.3 Å². The van der Waals surface area contributed by atoms with E-state index in [1.165, 1.54) is 18.4 Å². The molecule has 0 bridgehead atoms. The third kappa shape index (κ3) is 8.01. The van der Waals surface area contributed by atoms with Crippen LogP contribution in [-0.4, -0.2) is 78.4 Å². The van der Waals surface area contributed by atoms with Crippen LogP contribution in [0.1, 0.15) is 71.7 Å². The number of aliphatic hydroxyl groups is 1. The highest BCUT2D eigenvalue weighted by atomic mass is 32.1. The number of hydrogen-bond donors (Lipinski definition) is 2. The van der Waals surface area contributed by atoms with Gasteiger partial charge in [-0.2, -0.15) is 0 Å². The Bertz CT molecular complexity index is 2950. The summed E-state index contributed by atoms with van der Waals surface area (Å²) in [7, 11) is 1.47. The summed E-state index contributed by atoms with van der Waals surface area (Å²) in [5.41, 5.74) is 2.57. The number of morpholine rings is 1. The third-order valence-electron chi connectivity index (χ3n) is 13.2. The van der Waals surface area contributed by atoms with Crippen molar-refractivity contribution >= 4 is 56.2 Å². The molecule has 68 heavy (non-hydrogen) atoms. The van der Waals surface area contributed by atoms with Gasteiger partial charge in [-0.1, -0.05) is 114 Å². The molecule has 1 aliphatic carbocycles. The molecule has 0 radical (unpaired) electrons. The molecule has 1 aromatic heterocycles. The normalized spacial score (nSPS) is 23.0. The van der Waals surface area contributed by atoms with Crippen molar-refractivity contribution in [3.8, 4) is 17.6 Å². The van der Waals surface area contributed by atoms with Gasteiger partial charge in [0.05, 0.1) is 47.1 Å². The number of benzene rings is 5. The van der Waals surface area contributed by atoms with E-state index in [-0.39, 0.29) is 37.2 Å². The molecule has 5 aromatic carbocycles. The molecule has 13 nitrogen and oxygen atoms in total. The molecular weight excluding hydrogens is 881 g/mol. The average molecular weight is 929 g/mol. The Morgan fingerprint density at radius 3 is 2.37 bits per heavy atom. The Morgan fingerprint density at radius 2 is 1.62 bits per heavy atom. The fourth-order valence-corrected chi connectivity index (χ4v) is 11.3. The van der Waals surface area contributed by atoms with Crippen LogP contribution in [0.2, 0.25) is 0 Å². The van der Waals surface area contributed by atoms with E-state index in [9.17, 15) is 9.90 Å². The number of nitrogens with zero attached hydrogens (tertiary/aromatic N) is 3. The van der Waals surface area contributed by atoms with Gasteiger partial charge in [0, 0.05) is 12.7 Å². The first-order chi connectivity index (χ1) is 33.3. The number of cyclic esters (lactones) is 1. The van der Waals surface area contributed by atoms with Crippen LogP contribution in [0.3, 0.4) is 0 Å². The number of amides is 3. The molecule has 0 saturated carbocycles. The lowest BCUT2D eigenvalue weighted by Gasteiger charge is -2.46. The topological polar surface area (TPSA) is 157 Å². The number of para-hydroxylation sites is 1. The van der Waals surface area contributed by atoms with Crippen LogP contribution in [0.5, 0.6) is 5.75 Å². The lowest BCUT2D eigenvalue weighted by Crippen LogP contribution is -2.54. The van der Waals surface area contributed by atoms with E-state index in [0.29, 0.717) is 33.5 Å². The van der Waals surface area contributed by atoms with Gasteiger partial charge in [-0.15, -0.1) is 0 Å². The van der Waals surface area contributed by atoms with Crippen molar-refractivity contribution in [2.24, 2.45) is 5.92 Å². The molecule has 14 heteroatoms. The number of aliphatic hydroxyl groups excluding tert-OH is 1. The van der Waals surface area contributed by atoms with Gasteiger partial charge in [0.15, 0.2) is 5.13 Å². The van der Waals surface area contributed by atoms with Crippen molar-refractivity contribution in [1.82, 2.24) is 9.88 Å². The highest BCUT2D eigenvalue weighted by Gasteiger charge is 2.76. The van der Waals surface area contributed by atoms with Crippen molar-refractivity contribution in [3.63, 3.8) is 0 Å². The Hall–Kier alpha value is -7.15. The van der Waals surface area contributed by atoms with Crippen LogP contribution in [0.25, 0.3) is 10.2 Å². The summed E-state index contributed by atoms with van der Waals surface area (Å²) in [6.07, 6.45) is 4.13. The number of rotatable bonds is 11. The van der Waals surface area contributed by atoms with Crippen LogP contribution in [-0.2, 0) is 34.0 Å². The average Bonchev–Trinajstić information content (AvgIpc) is 4.01. The molecule has 1 spiro atoms. The Morgan fingerprint density at radius 1 is 0.853 bits per heavy atom. The molecule has 3 aliphatic heterocycles. The van der Waals surface area contributed by atoms with E-state index in [2.05, 4.69) is 23.2 Å². The van der Waals surface area contributed by atoms with Crippen molar-refractivity contribution in [3.05, 3.63) is 167 Å². The van der Waals surface area contributed by atoms with E-state index in [1.54, 1.807) is 36.4 Å². The lowest BCUT2D eigenvalue weighted by molar-refractivity contribution is -0.177. The quantitative estimate of drug-likeness (QED) is 0.0729. The summed E-state index contributed by atoms with van der Waals surface area (Å²) in [6, 6.07) is 35.3. The maximum atomic E-state index is 16.5. The number of thiazole rings is 1. The molecular formula is C54H48N4O9S. The number of carbonyl (C=O) groups is 4. The molecule has 4 aliphatic rings. The first kappa shape index (κ1) is 44.7. The largest absolute Gasteiger partial charge is 0.491 e. The summed E-state index contributed by atoms with van der Waals surface area (Å²) in [6.45, 7) is -0.373. The van der Waals surface area contributed by atoms with E-state index in [0.717, 1.165) is 46.4 Å². The number of fused-ring (bicyclic) bond motifs is 4. The molecule has 3 amide bonds. The smallest absolute Gasteiger partial charge is 0.421 e. The third-order valence-corrected chi connectivity index (χ3v) is 14.1. The lowest BCUT2D eigenvalue weighted by atomic mass is 9.65. The molecule has 2 N–H and O–H groups in total. The zero-order chi connectivity index (χ0) is 46.8. The van der Waals surface area contributed by atoms with Crippen LogP contribution >= 0.6 is 11.3 Å². The SMILES string of the molecule is COCCOC(=O)N1C(=O)C2(c3cc(C#CC4=CCCCC4)ccc31)C(C(=O)Nc1nc3ccccc3s1)C1C(=O)OC(c3ccccc3)C(c3ccccc3)N1C2c1cccc(OCCO)c1. The molecule has 6 unspecified atom stereocenters. The predicted molar refractivity (Wildman–Crippen MR) is 256 cm³/mol. The maximum Gasteiger partial charge on any atom is 0.421 e. The minimum absolute atomic E-state index is 0.0187. The van der Waals surface area contributed by atoms with Crippen LogP contribution in [0.15, 0.2) is 139 Å². The molecule has 2 fully saturated rings. The number of methoxy groups -OCH3 is 1. The van der Waals surface area contributed by atoms with Gasteiger partial charge in [-0.05, 0) is 96.0 Å². The van der Waals surface area contributed by atoms with E-state index >= 15 is 14.4 Å². The molecule has 10 rings (SSSR count). The first-order valence-electron chi connectivity index (χ1n) is 22.8. The number of aromatic nitrogens is 1. The minimum atomic E-state index is -2.06. The van der Waals surface area contributed by atoms with E-state index in [1.807, 2.05) is 95.9 Å². The van der Waals surface area contributed by atoms with Gasteiger partial charge in [0.2, 0.25) is 11.8 Å². The van der Waals surface area contributed by atoms with E-state index < -0.39 is 59.4 Å². The van der Waals surface area contributed by atoms with Crippen LogP contribution in [0.4, 0.5) is 15.6 Å². The second-order valence-corrected chi connectivity index (χ2v) is 18.1. The predicted octanol–water partition coefficient (Wildman–Crippen LogP) is 8.61. The first-order valence-corrected chi connectivity index (χ1v) is 23.6. The molecule has 2 saturated heterocycles. The van der Waals surface area contributed by atoms with Gasteiger partial charge in [0.25, 0.3) is 0 Å². The number of allylic oxidation sites excluding steroid dienone is 2.